The molecule has 0 amide bonds. The molecule has 0 atom stereocenters. The van der Waals surface area contributed by atoms with Crippen LogP contribution in [0, 0.1) is 18.3 Å². The van der Waals surface area contributed by atoms with Gasteiger partial charge in [-0.15, -0.1) is 0 Å². The van der Waals surface area contributed by atoms with E-state index >= 15 is 0 Å². The number of nitriles is 1. The summed E-state index contributed by atoms with van der Waals surface area (Å²) in [6.07, 6.45) is 1.63. The fourth-order valence-corrected chi connectivity index (χ4v) is 2.08. The summed E-state index contributed by atoms with van der Waals surface area (Å²) in [5, 5.41) is 9.27. The molecular weight excluding hydrogens is 260 g/mol. The topological polar surface area (TPSA) is 80.8 Å². The summed E-state index contributed by atoms with van der Waals surface area (Å²) < 4.78 is 10.8. The SMILES string of the molecule is COC(=O)c1c(C(=O)OC)c2cc(C)ccn2c1C#N. The van der Waals surface area contributed by atoms with E-state index in [0.29, 0.717) is 5.52 Å². The van der Waals surface area contributed by atoms with Gasteiger partial charge in [-0.1, -0.05) is 0 Å². The summed E-state index contributed by atoms with van der Waals surface area (Å²) in [5.74, 6) is -1.43. The molecule has 6 nitrogen and oxygen atoms in total. The normalized spacial score (nSPS) is 10.1. The smallest absolute Gasteiger partial charge is 0.341 e. The predicted octanol–water partition coefficient (Wildman–Crippen LogP) is 1.69. The lowest BCUT2D eigenvalue weighted by Gasteiger charge is -2.01. The van der Waals surface area contributed by atoms with Gasteiger partial charge in [-0.2, -0.15) is 5.26 Å². The Morgan fingerprint density at radius 1 is 1.20 bits per heavy atom. The molecule has 0 N–H and O–H groups in total. The van der Waals surface area contributed by atoms with Crippen molar-refractivity contribution < 1.29 is 19.1 Å². The van der Waals surface area contributed by atoms with Crippen molar-refractivity contribution in [1.29, 1.82) is 5.26 Å². The standard InChI is InChI=1S/C14H12N2O4/c1-8-4-5-16-9(6-8)11(13(17)19-2)12(10(16)7-15)14(18)20-3/h4-6H,1-3H3. The summed E-state index contributed by atoms with van der Waals surface area (Å²) >= 11 is 0. The summed E-state index contributed by atoms with van der Waals surface area (Å²) in [6, 6.07) is 5.41. The van der Waals surface area contributed by atoms with E-state index in [1.807, 2.05) is 13.0 Å². The van der Waals surface area contributed by atoms with Gasteiger partial charge >= 0.3 is 11.9 Å². The van der Waals surface area contributed by atoms with E-state index in [9.17, 15) is 14.9 Å². The molecule has 0 aliphatic carbocycles. The van der Waals surface area contributed by atoms with Gasteiger partial charge in [0.05, 0.1) is 19.7 Å². The van der Waals surface area contributed by atoms with Crippen molar-refractivity contribution in [1.82, 2.24) is 4.40 Å². The van der Waals surface area contributed by atoms with Crippen LogP contribution in [-0.2, 0) is 9.47 Å². The van der Waals surface area contributed by atoms with E-state index in [2.05, 4.69) is 4.74 Å². The Balaban J connectivity index is 2.97. The van der Waals surface area contributed by atoms with Gasteiger partial charge in [-0.05, 0) is 24.6 Å². The molecule has 0 aliphatic heterocycles. The van der Waals surface area contributed by atoms with Crippen molar-refractivity contribution in [2.24, 2.45) is 0 Å². The first-order valence-electron chi connectivity index (χ1n) is 5.76. The fraction of sp³-hybridized carbons (Fsp3) is 0.214. The van der Waals surface area contributed by atoms with Gasteiger partial charge in [-0.3, -0.25) is 0 Å². The van der Waals surface area contributed by atoms with Crippen molar-refractivity contribution in [2.75, 3.05) is 14.2 Å². The number of carbonyl (C=O) groups is 2. The van der Waals surface area contributed by atoms with Gasteiger partial charge < -0.3 is 13.9 Å². The highest BCUT2D eigenvalue weighted by Gasteiger charge is 2.29. The average molecular weight is 272 g/mol. The number of rotatable bonds is 2. The van der Waals surface area contributed by atoms with Crippen LogP contribution in [0.4, 0.5) is 0 Å². The number of pyridine rings is 1. The third-order valence-electron chi connectivity index (χ3n) is 2.98. The molecule has 0 fully saturated rings. The Kier molecular flexibility index (Phi) is 3.44. The number of hydrogen-bond acceptors (Lipinski definition) is 5. The second-order valence-electron chi connectivity index (χ2n) is 4.15. The van der Waals surface area contributed by atoms with Crippen LogP contribution >= 0.6 is 0 Å². The minimum Gasteiger partial charge on any atom is -0.465 e. The number of aromatic nitrogens is 1. The zero-order valence-electron chi connectivity index (χ0n) is 11.3. The van der Waals surface area contributed by atoms with Crippen LogP contribution in [0.25, 0.3) is 5.52 Å². The molecule has 20 heavy (non-hydrogen) atoms. The molecule has 0 spiro atoms. The highest BCUT2D eigenvalue weighted by molar-refractivity contribution is 6.10. The Morgan fingerprint density at radius 2 is 1.80 bits per heavy atom. The zero-order chi connectivity index (χ0) is 14.9. The molecule has 2 aromatic rings. The van der Waals surface area contributed by atoms with Crippen LogP contribution in [-0.4, -0.2) is 30.6 Å². The number of hydrogen-bond donors (Lipinski definition) is 0. The molecule has 0 aromatic carbocycles. The summed E-state index contributed by atoms with van der Waals surface area (Å²) in [4.78, 5) is 23.9. The molecule has 102 valence electrons. The Morgan fingerprint density at radius 3 is 2.35 bits per heavy atom. The van der Waals surface area contributed by atoms with E-state index in [4.69, 9.17) is 4.74 Å². The first-order chi connectivity index (χ1) is 9.54. The number of aryl methyl sites for hydroxylation is 1. The number of nitrogens with zero attached hydrogens (tertiary/aromatic N) is 2. The third-order valence-corrected chi connectivity index (χ3v) is 2.98. The van der Waals surface area contributed by atoms with Crippen LogP contribution in [0.15, 0.2) is 18.3 Å². The monoisotopic (exact) mass is 272 g/mol. The number of fused-ring (bicyclic) bond motifs is 1. The molecule has 2 heterocycles. The van der Waals surface area contributed by atoms with Gasteiger partial charge in [0.15, 0.2) is 0 Å². The second kappa shape index (κ2) is 5.05. The Hall–Kier alpha value is -2.81. The maximum atomic E-state index is 12.0. The van der Waals surface area contributed by atoms with E-state index in [1.165, 1.54) is 18.6 Å². The highest BCUT2D eigenvalue weighted by atomic mass is 16.5. The van der Waals surface area contributed by atoms with Crippen LogP contribution in [0.5, 0.6) is 0 Å². The van der Waals surface area contributed by atoms with Crippen LogP contribution in [0.2, 0.25) is 0 Å². The molecule has 0 saturated carbocycles. The minimum atomic E-state index is -0.747. The number of carbonyl (C=O) groups excluding carboxylic acids is 2. The zero-order valence-corrected chi connectivity index (χ0v) is 11.3. The number of esters is 2. The van der Waals surface area contributed by atoms with Crippen molar-refractivity contribution in [3.05, 3.63) is 40.7 Å². The Labute approximate surface area is 115 Å². The molecule has 0 radical (unpaired) electrons. The fourth-order valence-electron chi connectivity index (χ4n) is 2.08. The van der Waals surface area contributed by atoms with Crippen LogP contribution in [0.1, 0.15) is 32.0 Å². The molecule has 0 aliphatic rings. The maximum absolute atomic E-state index is 12.0. The first kappa shape index (κ1) is 13.6. The van der Waals surface area contributed by atoms with Crippen LogP contribution in [0.3, 0.4) is 0 Å². The molecule has 6 heteroatoms. The molecular formula is C14H12N2O4. The molecule has 0 saturated heterocycles. The predicted molar refractivity (Wildman–Crippen MR) is 69.5 cm³/mol. The third kappa shape index (κ3) is 1.89. The van der Waals surface area contributed by atoms with Crippen molar-refractivity contribution >= 4 is 17.5 Å². The number of methoxy groups -OCH3 is 2. The highest BCUT2D eigenvalue weighted by Crippen LogP contribution is 2.26. The minimum absolute atomic E-state index is 0.0413. The Bertz CT molecular complexity index is 753. The maximum Gasteiger partial charge on any atom is 0.341 e. The average Bonchev–Trinajstić information content (AvgIpc) is 2.78. The largest absolute Gasteiger partial charge is 0.465 e. The second-order valence-corrected chi connectivity index (χ2v) is 4.15. The lowest BCUT2D eigenvalue weighted by atomic mass is 10.1. The van der Waals surface area contributed by atoms with Crippen molar-refractivity contribution in [2.45, 2.75) is 6.92 Å². The van der Waals surface area contributed by atoms with Crippen molar-refractivity contribution in [3.63, 3.8) is 0 Å². The van der Waals surface area contributed by atoms with Gasteiger partial charge in [0.25, 0.3) is 0 Å². The number of ether oxygens (including phenoxy) is 2. The molecule has 2 rings (SSSR count). The van der Waals surface area contributed by atoms with Crippen LogP contribution < -0.4 is 0 Å². The summed E-state index contributed by atoms with van der Waals surface area (Å²) in [5.41, 5.74) is 1.34. The van der Waals surface area contributed by atoms with E-state index < -0.39 is 11.9 Å². The summed E-state index contributed by atoms with van der Waals surface area (Å²) in [6.45, 7) is 1.85. The summed E-state index contributed by atoms with van der Waals surface area (Å²) in [7, 11) is 2.41. The van der Waals surface area contributed by atoms with Gasteiger partial charge in [0.1, 0.15) is 22.9 Å². The molecule has 0 bridgehead atoms. The first-order valence-corrected chi connectivity index (χ1v) is 5.76. The lowest BCUT2D eigenvalue weighted by molar-refractivity contribution is 0.0557. The van der Waals surface area contributed by atoms with Gasteiger partial charge in [-0.25, -0.2) is 9.59 Å². The molecule has 2 aromatic heterocycles. The van der Waals surface area contributed by atoms with E-state index in [-0.39, 0.29) is 16.8 Å². The lowest BCUT2D eigenvalue weighted by Crippen LogP contribution is -2.10. The van der Waals surface area contributed by atoms with E-state index in [1.54, 1.807) is 18.3 Å². The molecule has 0 unspecified atom stereocenters. The van der Waals surface area contributed by atoms with Gasteiger partial charge in [0.2, 0.25) is 0 Å². The quantitative estimate of drug-likeness (QED) is 0.777. The van der Waals surface area contributed by atoms with Crippen molar-refractivity contribution in [3.8, 4) is 6.07 Å². The van der Waals surface area contributed by atoms with E-state index in [0.717, 1.165) is 5.56 Å². The van der Waals surface area contributed by atoms with Gasteiger partial charge in [0, 0.05) is 6.20 Å².